The van der Waals surface area contributed by atoms with Gasteiger partial charge >= 0.3 is 0 Å². The number of hydrogen-bond acceptors (Lipinski definition) is 6. The van der Waals surface area contributed by atoms with Crippen LogP contribution in [0.3, 0.4) is 0 Å². The Labute approximate surface area is 135 Å². The van der Waals surface area contributed by atoms with Crippen LogP contribution in [-0.2, 0) is 0 Å². The number of hydrogen-bond donors (Lipinski definition) is 2. The normalized spacial score (nSPS) is 11.0. The van der Waals surface area contributed by atoms with Crippen molar-refractivity contribution in [1.29, 1.82) is 0 Å². The first-order valence-corrected chi connectivity index (χ1v) is 7.68. The van der Waals surface area contributed by atoms with E-state index in [1.807, 2.05) is 12.1 Å². The van der Waals surface area contributed by atoms with Crippen LogP contribution in [-0.4, -0.2) is 26.5 Å². The number of benzene rings is 1. The van der Waals surface area contributed by atoms with Gasteiger partial charge in [0.15, 0.2) is 17.0 Å². The van der Waals surface area contributed by atoms with E-state index in [1.54, 1.807) is 12.4 Å². The molecule has 23 heavy (non-hydrogen) atoms. The summed E-state index contributed by atoms with van der Waals surface area (Å²) in [6.45, 7) is 7.14. The van der Waals surface area contributed by atoms with E-state index in [9.17, 15) is 0 Å². The second-order valence-corrected chi connectivity index (χ2v) is 5.89. The summed E-state index contributed by atoms with van der Waals surface area (Å²) in [5, 5.41) is 6.55. The number of nitrogens with zero attached hydrogens (tertiary/aromatic N) is 4. The van der Waals surface area contributed by atoms with E-state index >= 15 is 0 Å². The SMILES string of the molecule is Cc1ccc(Nc2nc(NCC(C)C)nc3nccnc23)cc1. The molecule has 6 heteroatoms. The summed E-state index contributed by atoms with van der Waals surface area (Å²) in [4.78, 5) is 17.6. The summed E-state index contributed by atoms with van der Waals surface area (Å²) in [6, 6.07) is 8.13. The van der Waals surface area contributed by atoms with Crippen LogP contribution in [0.25, 0.3) is 11.2 Å². The summed E-state index contributed by atoms with van der Waals surface area (Å²) in [5.41, 5.74) is 3.39. The topological polar surface area (TPSA) is 75.6 Å². The second-order valence-electron chi connectivity index (χ2n) is 5.89. The highest BCUT2D eigenvalue weighted by molar-refractivity contribution is 5.85. The minimum Gasteiger partial charge on any atom is -0.354 e. The second kappa shape index (κ2) is 6.56. The Kier molecular flexibility index (Phi) is 4.32. The number of fused-ring (bicyclic) bond motifs is 1. The van der Waals surface area contributed by atoms with E-state index in [0.717, 1.165) is 12.2 Å². The average Bonchev–Trinajstić information content (AvgIpc) is 2.55. The van der Waals surface area contributed by atoms with Crippen LogP contribution in [0.5, 0.6) is 0 Å². The molecule has 0 atom stereocenters. The van der Waals surface area contributed by atoms with Crippen molar-refractivity contribution in [1.82, 2.24) is 19.9 Å². The first-order valence-electron chi connectivity index (χ1n) is 7.68. The molecule has 0 saturated carbocycles. The van der Waals surface area contributed by atoms with Crippen LogP contribution in [0.15, 0.2) is 36.7 Å². The zero-order valence-corrected chi connectivity index (χ0v) is 13.5. The average molecular weight is 308 g/mol. The van der Waals surface area contributed by atoms with Crippen LogP contribution >= 0.6 is 0 Å². The third-order valence-electron chi connectivity index (χ3n) is 3.32. The van der Waals surface area contributed by atoms with E-state index in [-0.39, 0.29) is 0 Å². The molecule has 2 N–H and O–H groups in total. The molecule has 0 aliphatic carbocycles. The fourth-order valence-electron chi connectivity index (χ4n) is 2.10. The van der Waals surface area contributed by atoms with E-state index in [1.165, 1.54) is 5.56 Å². The van der Waals surface area contributed by atoms with Crippen LogP contribution < -0.4 is 10.6 Å². The maximum Gasteiger partial charge on any atom is 0.226 e. The molecule has 6 nitrogen and oxygen atoms in total. The van der Waals surface area contributed by atoms with Crippen molar-refractivity contribution in [2.45, 2.75) is 20.8 Å². The van der Waals surface area contributed by atoms with Crippen LogP contribution in [0.4, 0.5) is 17.5 Å². The van der Waals surface area contributed by atoms with Gasteiger partial charge in [0.1, 0.15) is 0 Å². The maximum atomic E-state index is 4.55. The summed E-state index contributed by atoms with van der Waals surface area (Å²) in [7, 11) is 0. The van der Waals surface area contributed by atoms with Gasteiger partial charge in [-0.15, -0.1) is 0 Å². The molecular weight excluding hydrogens is 288 g/mol. The Morgan fingerprint density at radius 2 is 1.74 bits per heavy atom. The lowest BCUT2D eigenvalue weighted by Crippen LogP contribution is -2.12. The van der Waals surface area contributed by atoms with Crippen molar-refractivity contribution >= 4 is 28.6 Å². The van der Waals surface area contributed by atoms with E-state index in [0.29, 0.717) is 28.8 Å². The van der Waals surface area contributed by atoms with Gasteiger partial charge in [0.25, 0.3) is 0 Å². The van der Waals surface area contributed by atoms with Gasteiger partial charge in [0.2, 0.25) is 5.95 Å². The third-order valence-corrected chi connectivity index (χ3v) is 3.32. The third kappa shape index (κ3) is 3.71. The molecule has 3 aromatic rings. The molecule has 118 valence electrons. The van der Waals surface area contributed by atoms with E-state index < -0.39 is 0 Å². The molecule has 0 amide bonds. The molecular formula is C17H20N6. The molecule has 0 aliphatic rings. The van der Waals surface area contributed by atoms with Gasteiger partial charge in [-0.25, -0.2) is 9.97 Å². The number of rotatable bonds is 5. The molecule has 0 unspecified atom stereocenters. The fraction of sp³-hybridized carbons (Fsp3) is 0.294. The number of anilines is 3. The molecule has 0 aliphatic heterocycles. The van der Waals surface area contributed by atoms with Crippen molar-refractivity contribution in [3.05, 3.63) is 42.2 Å². The minimum absolute atomic E-state index is 0.504. The molecule has 1 aromatic carbocycles. The van der Waals surface area contributed by atoms with Crippen molar-refractivity contribution in [3.63, 3.8) is 0 Å². The molecule has 0 fully saturated rings. The van der Waals surface area contributed by atoms with E-state index in [2.05, 4.69) is 63.5 Å². The van der Waals surface area contributed by atoms with Crippen molar-refractivity contribution in [3.8, 4) is 0 Å². The lowest BCUT2D eigenvalue weighted by Gasteiger charge is -2.12. The highest BCUT2D eigenvalue weighted by atomic mass is 15.2. The standard InChI is InChI=1S/C17H20N6/c1-11(2)10-20-17-22-15-14(18-8-9-19-15)16(23-17)21-13-6-4-12(3)5-7-13/h4-9,11H,10H2,1-3H3,(H2,19,20,21,22,23). The smallest absolute Gasteiger partial charge is 0.226 e. The predicted molar refractivity (Wildman–Crippen MR) is 92.9 cm³/mol. The largest absolute Gasteiger partial charge is 0.354 e. The van der Waals surface area contributed by atoms with Gasteiger partial charge in [0.05, 0.1) is 0 Å². The Morgan fingerprint density at radius 3 is 2.48 bits per heavy atom. The predicted octanol–water partition coefficient (Wildman–Crippen LogP) is 3.54. The zero-order chi connectivity index (χ0) is 16.2. The Hall–Kier alpha value is -2.76. The van der Waals surface area contributed by atoms with Gasteiger partial charge in [-0.1, -0.05) is 31.5 Å². The van der Waals surface area contributed by atoms with Crippen molar-refractivity contribution < 1.29 is 0 Å². The lowest BCUT2D eigenvalue weighted by atomic mass is 10.2. The quantitative estimate of drug-likeness (QED) is 0.751. The van der Waals surface area contributed by atoms with Gasteiger partial charge in [-0.05, 0) is 25.0 Å². The molecule has 3 rings (SSSR count). The van der Waals surface area contributed by atoms with Crippen LogP contribution in [0, 0.1) is 12.8 Å². The van der Waals surface area contributed by atoms with Gasteiger partial charge < -0.3 is 10.6 Å². The fourth-order valence-corrected chi connectivity index (χ4v) is 2.10. The Morgan fingerprint density at radius 1 is 1.00 bits per heavy atom. The lowest BCUT2D eigenvalue weighted by molar-refractivity contribution is 0.685. The summed E-state index contributed by atoms with van der Waals surface area (Å²) < 4.78 is 0. The minimum atomic E-state index is 0.504. The summed E-state index contributed by atoms with van der Waals surface area (Å²) >= 11 is 0. The maximum absolute atomic E-state index is 4.55. The Balaban J connectivity index is 1.97. The first kappa shape index (κ1) is 15.1. The molecule has 2 heterocycles. The molecule has 2 aromatic heterocycles. The summed E-state index contributed by atoms with van der Waals surface area (Å²) in [6.07, 6.45) is 3.28. The molecule has 0 saturated heterocycles. The summed E-state index contributed by atoms with van der Waals surface area (Å²) in [5.74, 6) is 1.71. The van der Waals surface area contributed by atoms with Gasteiger partial charge in [0, 0.05) is 24.6 Å². The van der Waals surface area contributed by atoms with Gasteiger partial charge in [-0.3, -0.25) is 0 Å². The highest BCUT2D eigenvalue weighted by Gasteiger charge is 2.10. The Bertz CT molecular complexity index is 798. The van der Waals surface area contributed by atoms with Gasteiger partial charge in [-0.2, -0.15) is 9.97 Å². The van der Waals surface area contributed by atoms with E-state index in [4.69, 9.17) is 0 Å². The molecule has 0 spiro atoms. The van der Waals surface area contributed by atoms with Crippen LogP contribution in [0.2, 0.25) is 0 Å². The van der Waals surface area contributed by atoms with Crippen LogP contribution in [0.1, 0.15) is 19.4 Å². The number of nitrogens with one attached hydrogen (secondary N) is 2. The number of aromatic nitrogens is 4. The molecule has 0 bridgehead atoms. The molecule has 0 radical (unpaired) electrons. The monoisotopic (exact) mass is 308 g/mol. The van der Waals surface area contributed by atoms with Crippen molar-refractivity contribution in [2.75, 3.05) is 17.2 Å². The highest BCUT2D eigenvalue weighted by Crippen LogP contribution is 2.22. The first-order chi connectivity index (χ1) is 11.1. The van der Waals surface area contributed by atoms with Crippen molar-refractivity contribution in [2.24, 2.45) is 5.92 Å². The zero-order valence-electron chi connectivity index (χ0n) is 13.5. The number of aryl methyl sites for hydroxylation is 1.